The van der Waals surface area contributed by atoms with Crippen molar-refractivity contribution in [3.63, 3.8) is 0 Å². The number of imidazole rings is 2. The number of primary amides is 6. The van der Waals surface area contributed by atoms with Crippen molar-refractivity contribution in [1.82, 2.24) is 44.4 Å². The maximum Gasteiger partial charge on any atom is 0.268 e. The van der Waals surface area contributed by atoms with E-state index in [0.29, 0.717) is 56.5 Å². The molecule has 41 nitrogen and oxygen atoms in total. The zero-order valence-corrected chi connectivity index (χ0v) is 65.7. The summed E-state index contributed by atoms with van der Waals surface area (Å²) in [4.78, 5) is 170. The number of nitrogens with zero attached hydrogens (tertiary/aromatic N) is 12. The molecule has 112 heavy (non-hydrogen) atoms. The fourth-order valence-corrected chi connectivity index (χ4v) is 18.6. The molecule has 615 valence electrons. The van der Waals surface area contributed by atoms with Gasteiger partial charge in [-0.25, -0.2) is 29.9 Å². The van der Waals surface area contributed by atoms with Gasteiger partial charge in [0, 0.05) is 125 Å². The molecule has 7 amide bonds. The number of aliphatic imine (C=N–C) groups is 3. The molecule has 4 aromatic rings. The number of aromatic nitrogens is 8. The Morgan fingerprint density at radius 3 is 1.90 bits per heavy atom. The first kappa shape index (κ1) is 87.5. The van der Waals surface area contributed by atoms with Crippen molar-refractivity contribution in [3.05, 3.63) is 71.9 Å². The number of anilines is 2. The second-order valence-corrected chi connectivity index (χ2v) is 33.2. The normalized spacial score (nSPS) is 33.1. The summed E-state index contributed by atoms with van der Waals surface area (Å²) in [5.74, 6) is -7.71. The van der Waals surface area contributed by atoms with Gasteiger partial charge in [0.1, 0.15) is 54.4 Å². The summed E-state index contributed by atoms with van der Waals surface area (Å²) in [6.07, 6.45) is -7.07. The Kier molecular flexibility index (Phi) is 25.9. The van der Waals surface area contributed by atoms with Crippen LogP contribution in [0.5, 0.6) is 0 Å². The van der Waals surface area contributed by atoms with Crippen LogP contribution in [0.4, 0.5) is 11.6 Å². The summed E-state index contributed by atoms with van der Waals surface area (Å²) in [5, 5.41) is 39.3. The number of allylic oxidation sites excluding steroid dienone is 6. The molecule has 0 saturated carbocycles. The largest absolute Gasteiger partial charge is 0.790 e. The topological polar surface area (TPSA) is 688 Å². The van der Waals surface area contributed by atoms with Crippen LogP contribution in [-0.4, -0.2) is 180 Å². The number of ether oxygens (including phenoxy) is 2. The van der Waals surface area contributed by atoms with Crippen LogP contribution >= 0.6 is 15.6 Å². The van der Waals surface area contributed by atoms with Gasteiger partial charge in [-0.05, 0) is 88.0 Å². The van der Waals surface area contributed by atoms with Crippen LogP contribution in [0.2, 0.25) is 0 Å². The minimum Gasteiger partial charge on any atom is -0.790 e. The van der Waals surface area contributed by atoms with E-state index in [-0.39, 0.29) is 110 Å². The molecule has 1 radical (unpaired) electrons. The summed E-state index contributed by atoms with van der Waals surface area (Å²) in [6.45, 7) is 17.8. The molecular weight excluding hydrogens is 1550 g/mol. The molecule has 11 rings (SSSR count). The van der Waals surface area contributed by atoms with E-state index in [1.807, 2.05) is 13.8 Å². The van der Waals surface area contributed by atoms with Gasteiger partial charge in [0.05, 0.1) is 44.2 Å². The van der Waals surface area contributed by atoms with Crippen molar-refractivity contribution >= 4 is 108 Å². The number of aliphatic hydroxyl groups excluding tert-OH is 3. The van der Waals surface area contributed by atoms with Gasteiger partial charge in [-0.1, -0.05) is 40.7 Å². The van der Waals surface area contributed by atoms with Crippen molar-refractivity contribution in [3.8, 4) is 0 Å². The number of rotatable bonds is 29. The van der Waals surface area contributed by atoms with Crippen molar-refractivity contribution < 1.29 is 113 Å². The third kappa shape index (κ3) is 17.3. The maximum atomic E-state index is 14.4. The number of nitrogens with one attached hydrogen (secondary N) is 1. The smallest absolute Gasteiger partial charge is 0.268 e. The Hall–Kier alpha value is -8.45. The van der Waals surface area contributed by atoms with Crippen LogP contribution in [0.25, 0.3) is 27.6 Å². The van der Waals surface area contributed by atoms with Gasteiger partial charge in [-0.15, -0.1) is 0 Å². The van der Waals surface area contributed by atoms with Gasteiger partial charge < -0.3 is 121 Å². The SMILES string of the molecule is C/C1=C2N=C(/C=C3N=C(/C(C)=C4\[N-][C@H]([C@H](CC(N)=O)[C@]4(C)CCC(=O)NC[C@H](C)OP(=O)([O-])O[C@H]4[C@@H](O)[C@@H](n5cnc6ncnc(N)c65)O[C@@H]4COP(=O)([O-])[O-])[C@]4(C)N=C1[C@@H](CCC(N)=O)[C@]4(C)CC(N)=O)[C@@H](CCC(N)=O)C\3(C)C)[C@@H](CCC(N)=O)[C@]/2(C)CC(N)=O.[CH2-][C@H]1O[C@@H](n2cnc3c(N)ncnc32)[C@H](O)[C@@H]1O.[Co]. The van der Waals surface area contributed by atoms with Crippen LogP contribution in [0.15, 0.2) is 74.6 Å². The quantitative estimate of drug-likeness (QED) is 0.0224. The van der Waals surface area contributed by atoms with Crippen LogP contribution in [0.3, 0.4) is 0 Å². The number of hydrogen-bond acceptors (Lipinski definition) is 31. The number of carbonyl (C=O) groups excluding carboxylic acids is 7. The summed E-state index contributed by atoms with van der Waals surface area (Å²) in [6, 6.07) is -1.11. The molecule has 0 spiro atoms. The zero-order chi connectivity index (χ0) is 81.9. The number of nitrogen functional groups attached to an aromatic ring is 2. The first-order valence-corrected chi connectivity index (χ1v) is 38.6. The summed E-state index contributed by atoms with van der Waals surface area (Å²) in [7, 11) is -11.3. The molecule has 7 aliphatic heterocycles. The maximum absolute atomic E-state index is 14.4. The molecular formula is C68H94CoN21O20P2-5. The molecule has 4 aromatic heterocycles. The van der Waals surface area contributed by atoms with Gasteiger partial charge in [0.15, 0.2) is 35.4 Å². The molecule has 1 unspecified atom stereocenters. The number of phosphoric acid groups is 2. The summed E-state index contributed by atoms with van der Waals surface area (Å²) < 4.78 is 54.1. The summed E-state index contributed by atoms with van der Waals surface area (Å²) >= 11 is 0. The van der Waals surface area contributed by atoms with Gasteiger partial charge >= 0.3 is 0 Å². The van der Waals surface area contributed by atoms with E-state index in [9.17, 15) is 72.7 Å². The van der Waals surface area contributed by atoms with Crippen LogP contribution in [0.1, 0.15) is 145 Å². The van der Waals surface area contributed by atoms with Crippen molar-refractivity contribution in [1.29, 1.82) is 0 Å². The van der Waals surface area contributed by atoms with Gasteiger partial charge in [0.25, 0.3) is 7.82 Å². The first-order valence-electron chi connectivity index (χ1n) is 35.7. The van der Waals surface area contributed by atoms with Crippen LogP contribution in [-0.2, 0) is 82.5 Å². The van der Waals surface area contributed by atoms with Gasteiger partial charge in [-0.2, -0.15) is 5.70 Å². The number of phosphoric ester groups is 2. The Balaban J connectivity index is 0.000000657. The van der Waals surface area contributed by atoms with Gasteiger partial charge in [-0.3, -0.25) is 62.2 Å². The van der Waals surface area contributed by atoms with Crippen molar-refractivity contribution in [2.24, 2.45) is 94.7 Å². The number of amides is 7. The second kappa shape index (κ2) is 33.2. The van der Waals surface area contributed by atoms with E-state index in [4.69, 9.17) is 84.7 Å². The second-order valence-electron chi connectivity index (χ2n) is 30.7. The third-order valence-electron chi connectivity index (χ3n) is 22.9. The minimum absolute atomic E-state index is 0. The molecule has 3 saturated heterocycles. The fourth-order valence-electron chi connectivity index (χ4n) is 17.1. The molecule has 0 aliphatic carbocycles. The fraction of sp³-hybridized carbons (Fsp3) is 0.603. The number of aliphatic hydroxyl groups is 3. The van der Waals surface area contributed by atoms with E-state index < -0.39 is 182 Å². The van der Waals surface area contributed by atoms with Crippen molar-refractivity contribution in [2.75, 3.05) is 24.6 Å². The molecule has 3 fully saturated rings. The monoisotopic (exact) mass is 1650 g/mol. The van der Waals surface area contributed by atoms with Gasteiger partial charge in [0.2, 0.25) is 41.4 Å². The molecule has 44 heteroatoms. The molecule has 8 bridgehead atoms. The molecule has 20 N–H and O–H groups in total. The predicted molar refractivity (Wildman–Crippen MR) is 390 cm³/mol. The average Bonchev–Trinajstić information content (AvgIpc) is 1.53. The van der Waals surface area contributed by atoms with Crippen LogP contribution in [0, 0.1) is 52.3 Å². The summed E-state index contributed by atoms with van der Waals surface area (Å²) in [5.41, 5.74) is 45.6. The molecule has 7 aliphatic rings. The van der Waals surface area contributed by atoms with E-state index >= 15 is 0 Å². The Morgan fingerprint density at radius 1 is 0.705 bits per heavy atom. The standard InChI is InChI=1S/C58H86N16O17P2.C10H12N5O3.Co/c1-26(90-93(86,87)91-47-34(23-88-92(83,84)85)89-53(46(47)82)74-25-69-52-45(74)51(65)67-24-68-52)22-66-42(81)16-17-55(6)32(18-39(62)78)50-58(9)57(8,21-41(64)80)31(12-15-38(61)77)44(73-58)28(3)49-56(7,20-40(63)79)29(10-13-36(59)75)33(70-49)19-35-54(4,5)30(11-14-37(60)76)43(71-35)27(2)48(55)72-50;1-4-6(16)7(17)10(18-4)15-3-14-5-8(11)12-2-13-9(5)15;/h19,24-26,29-32,34,46-47,50,53,82H,10-18,20-23H2,1-9H3,(H19,59,60,61,62,63,64,65,66,67,68,70,71,72,73,75,76,77,78,79,80,81,83,84,85,86,87);2-4,6-7,10,16-17H,1H2,(H2,11,12,13);/q;-1;/p-4/t26-,29+,30+,31+,32-,34+,46+,47+,50+,53-,55-,56-,57-,58-;4-,6-,7-,10-;/m01./s1. The van der Waals surface area contributed by atoms with Crippen molar-refractivity contribution in [2.45, 2.75) is 200 Å². The molecule has 11 heterocycles. The van der Waals surface area contributed by atoms with E-state index in [2.05, 4.69) is 46.7 Å². The Morgan fingerprint density at radius 2 is 1.30 bits per heavy atom. The van der Waals surface area contributed by atoms with Crippen LogP contribution < -0.4 is 65.9 Å². The number of nitrogens with two attached hydrogens (primary N) is 8. The Bertz CT molecular complexity index is 4680. The first-order chi connectivity index (χ1) is 51.7. The number of fused-ring (bicyclic) bond motifs is 8. The minimum atomic E-state index is -5.69. The predicted octanol–water partition coefficient (Wildman–Crippen LogP) is -1.22. The Labute approximate surface area is 652 Å². The van der Waals surface area contributed by atoms with E-state index in [1.54, 1.807) is 47.6 Å². The number of hydrogen-bond donors (Lipinski definition) is 12. The average molecular weight is 1650 g/mol. The zero-order valence-electron chi connectivity index (χ0n) is 62.9. The van der Waals surface area contributed by atoms with E-state index in [0.717, 1.165) is 17.2 Å². The number of carbonyl (C=O) groups is 7. The third-order valence-corrected chi connectivity index (χ3v) is 24.5. The molecule has 19 atom stereocenters. The molecule has 0 aromatic carbocycles. The van der Waals surface area contributed by atoms with E-state index in [1.165, 1.54) is 24.1 Å².